The van der Waals surface area contributed by atoms with Crippen LogP contribution in [0.5, 0.6) is 0 Å². The van der Waals surface area contributed by atoms with Crippen LogP contribution in [0.2, 0.25) is 0 Å². The number of allylic oxidation sites excluding steroid dienone is 1. The van der Waals surface area contributed by atoms with Gasteiger partial charge in [0.15, 0.2) is 0 Å². The Morgan fingerprint density at radius 2 is 1.30 bits per heavy atom. The summed E-state index contributed by atoms with van der Waals surface area (Å²) in [6, 6.07) is 0. The summed E-state index contributed by atoms with van der Waals surface area (Å²) in [5.41, 5.74) is 0.0108. The van der Waals surface area contributed by atoms with Gasteiger partial charge in [0.2, 0.25) is 0 Å². The minimum absolute atomic E-state index is 0.0192. The maximum atomic E-state index is 10.4. The van der Waals surface area contributed by atoms with E-state index in [1.54, 1.807) is 0 Å². The molecule has 0 saturated carbocycles. The third kappa shape index (κ3) is 8.79. The number of aliphatic hydroxyl groups is 1. The Hall–Kier alpha value is -0.300. The quantitative estimate of drug-likeness (QED) is 0.358. The van der Waals surface area contributed by atoms with Crippen LogP contribution in [-0.2, 0) is 0 Å². The predicted octanol–water partition coefficient (Wildman–Crippen LogP) is 6.12. The number of unbranched alkanes of at least 4 members (excludes halogenated alkanes) is 7. The summed E-state index contributed by atoms with van der Waals surface area (Å²) in [6.45, 7) is 14.5. The van der Waals surface area contributed by atoms with Crippen LogP contribution in [0.4, 0.5) is 0 Å². The molecule has 0 rings (SSSR count). The lowest BCUT2D eigenvalue weighted by atomic mass is 9.70. The van der Waals surface area contributed by atoms with Gasteiger partial charge in [0.1, 0.15) is 0 Å². The topological polar surface area (TPSA) is 20.2 Å². The molecular weight excluding hydrogens is 244 g/mol. The molecule has 0 bridgehead atoms. The van der Waals surface area contributed by atoms with E-state index in [2.05, 4.69) is 41.2 Å². The lowest BCUT2D eigenvalue weighted by Crippen LogP contribution is -2.39. The maximum absolute atomic E-state index is 10.4. The first-order valence-electron chi connectivity index (χ1n) is 8.51. The predicted molar refractivity (Wildman–Crippen MR) is 91.0 cm³/mol. The van der Waals surface area contributed by atoms with Crippen LogP contribution in [0.25, 0.3) is 0 Å². The highest BCUT2D eigenvalue weighted by Crippen LogP contribution is 2.37. The highest BCUT2D eigenvalue weighted by atomic mass is 16.3. The Balaban J connectivity index is 3.66. The van der Waals surface area contributed by atoms with Gasteiger partial charge in [-0.3, -0.25) is 0 Å². The number of rotatable bonds is 11. The molecule has 0 aromatic rings. The average Bonchev–Trinajstić information content (AvgIpc) is 2.34. The Labute approximate surface area is 127 Å². The van der Waals surface area contributed by atoms with Gasteiger partial charge in [0, 0.05) is 0 Å². The lowest BCUT2D eigenvalue weighted by molar-refractivity contribution is -0.0373. The minimum Gasteiger partial charge on any atom is -0.392 e. The van der Waals surface area contributed by atoms with E-state index in [1.165, 1.54) is 51.4 Å². The van der Waals surface area contributed by atoms with Crippen molar-refractivity contribution in [1.82, 2.24) is 0 Å². The fourth-order valence-corrected chi connectivity index (χ4v) is 3.06. The maximum Gasteiger partial charge on any atom is 0.0639 e. The van der Waals surface area contributed by atoms with Crippen molar-refractivity contribution in [2.24, 2.45) is 10.8 Å². The van der Waals surface area contributed by atoms with Crippen molar-refractivity contribution in [2.45, 2.75) is 98.5 Å². The van der Waals surface area contributed by atoms with Crippen LogP contribution in [0, 0.1) is 10.8 Å². The largest absolute Gasteiger partial charge is 0.392 e. The molecule has 0 aliphatic rings. The van der Waals surface area contributed by atoms with E-state index in [0.29, 0.717) is 0 Å². The number of hydrogen-bond donors (Lipinski definition) is 1. The molecule has 0 amide bonds. The van der Waals surface area contributed by atoms with Crippen LogP contribution in [0.15, 0.2) is 12.7 Å². The standard InChI is InChI=1S/C19H38O/c1-7-8-9-10-11-12-13-14-15-16-19(5,6)17(20)18(2,3)4/h7,17,20H,1,8-16H2,2-6H3. The first kappa shape index (κ1) is 19.7. The monoisotopic (exact) mass is 282 g/mol. The summed E-state index contributed by atoms with van der Waals surface area (Å²) in [5, 5.41) is 10.4. The Morgan fingerprint density at radius 3 is 1.75 bits per heavy atom. The summed E-state index contributed by atoms with van der Waals surface area (Å²) in [4.78, 5) is 0. The van der Waals surface area contributed by atoms with Crippen LogP contribution in [-0.4, -0.2) is 11.2 Å². The van der Waals surface area contributed by atoms with E-state index >= 15 is 0 Å². The second-order valence-corrected chi connectivity index (χ2v) is 8.06. The molecule has 0 saturated heterocycles. The van der Waals surface area contributed by atoms with Gasteiger partial charge in [-0.05, 0) is 30.1 Å². The highest BCUT2D eigenvalue weighted by molar-refractivity contribution is 4.86. The van der Waals surface area contributed by atoms with Gasteiger partial charge in [0.05, 0.1) is 6.10 Å². The van der Waals surface area contributed by atoms with Crippen LogP contribution >= 0.6 is 0 Å². The average molecular weight is 283 g/mol. The van der Waals surface area contributed by atoms with Gasteiger partial charge < -0.3 is 5.11 Å². The second kappa shape index (κ2) is 9.60. The molecule has 1 atom stereocenters. The molecule has 0 radical (unpaired) electrons. The Bertz CT molecular complexity index is 247. The zero-order valence-corrected chi connectivity index (χ0v) is 14.7. The summed E-state index contributed by atoms with van der Waals surface area (Å²) < 4.78 is 0. The van der Waals surface area contributed by atoms with Gasteiger partial charge in [-0.15, -0.1) is 6.58 Å². The molecule has 0 aromatic carbocycles. The molecule has 1 heteroatoms. The van der Waals surface area contributed by atoms with E-state index < -0.39 is 0 Å². The molecule has 1 unspecified atom stereocenters. The summed E-state index contributed by atoms with van der Waals surface area (Å²) in [7, 11) is 0. The zero-order valence-electron chi connectivity index (χ0n) is 14.7. The number of hydrogen-bond acceptors (Lipinski definition) is 1. The minimum atomic E-state index is -0.228. The van der Waals surface area contributed by atoms with Crippen molar-refractivity contribution in [2.75, 3.05) is 0 Å². The van der Waals surface area contributed by atoms with Gasteiger partial charge in [-0.1, -0.05) is 79.2 Å². The smallest absolute Gasteiger partial charge is 0.0639 e. The van der Waals surface area contributed by atoms with Crippen molar-refractivity contribution >= 4 is 0 Å². The van der Waals surface area contributed by atoms with Gasteiger partial charge >= 0.3 is 0 Å². The highest BCUT2D eigenvalue weighted by Gasteiger charge is 2.35. The van der Waals surface area contributed by atoms with E-state index in [0.717, 1.165) is 6.42 Å². The molecule has 20 heavy (non-hydrogen) atoms. The molecule has 1 nitrogen and oxygen atoms in total. The fraction of sp³-hybridized carbons (Fsp3) is 0.895. The van der Waals surface area contributed by atoms with Crippen molar-refractivity contribution in [1.29, 1.82) is 0 Å². The second-order valence-electron chi connectivity index (χ2n) is 8.06. The lowest BCUT2D eigenvalue weighted by Gasteiger charge is -2.39. The van der Waals surface area contributed by atoms with Gasteiger partial charge in [-0.25, -0.2) is 0 Å². The van der Waals surface area contributed by atoms with E-state index in [4.69, 9.17) is 0 Å². The molecular formula is C19H38O. The van der Waals surface area contributed by atoms with Crippen LogP contribution < -0.4 is 0 Å². The third-order valence-electron chi connectivity index (χ3n) is 4.29. The van der Waals surface area contributed by atoms with E-state index in [-0.39, 0.29) is 16.9 Å². The van der Waals surface area contributed by atoms with Crippen LogP contribution in [0.3, 0.4) is 0 Å². The molecule has 0 spiro atoms. The summed E-state index contributed by atoms with van der Waals surface area (Å²) in [5.74, 6) is 0. The zero-order chi connectivity index (χ0) is 15.6. The first-order valence-corrected chi connectivity index (χ1v) is 8.51. The molecule has 120 valence electrons. The molecule has 0 fully saturated rings. The molecule has 1 N–H and O–H groups in total. The normalized spacial score (nSPS) is 14.3. The molecule has 0 aromatic heterocycles. The Morgan fingerprint density at radius 1 is 0.850 bits per heavy atom. The third-order valence-corrected chi connectivity index (χ3v) is 4.29. The van der Waals surface area contributed by atoms with Gasteiger partial charge in [0.25, 0.3) is 0 Å². The summed E-state index contributed by atoms with van der Waals surface area (Å²) in [6.07, 6.45) is 13.3. The SMILES string of the molecule is C=CCCCCCCCCCC(C)(C)C(O)C(C)(C)C. The van der Waals surface area contributed by atoms with E-state index in [9.17, 15) is 5.11 Å². The summed E-state index contributed by atoms with van der Waals surface area (Å²) >= 11 is 0. The Kier molecular flexibility index (Phi) is 9.46. The van der Waals surface area contributed by atoms with Gasteiger partial charge in [-0.2, -0.15) is 0 Å². The first-order chi connectivity index (χ1) is 9.22. The molecule has 0 aliphatic heterocycles. The number of aliphatic hydroxyl groups excluding tert-OH is 1. The van der Waals surface area contributed by atoms with Crippen molar-refractivity contribution < 1.29 is 5.11 Å². The molecule has 0 heterocycles. The van der Waals surface area contributed by atoms with Crippen LogP contribution in [0.1, 0.15) is 92.4 Å². The van der Waals surface area contributed by atoms with Crippen molar-refractivity contribution in [3.8, 4) is 0 Å². The van der Waals surface area contributed by atoms with Crippen molar-refractivity contribution in [3.05, 3.63) is 12.7 Å². The fourth-order valence-electron chi connectivity index (χ4n) is 3.06. The van der Waals surface area contributed by atoms with E-state index in [1.807, 2.05) is 6.08 Å². The molecule has 0 aliphatic carbocycles. The van der Waals surface area contributed by atoms with Crippen molar-refractivity contribution in [3.63, 3.8) is 0 Å².